The molecule has 1 saturated heterocycles. The molecular formula is C10H15N3O3S. The molecule has 1 unspecified atom stereocenters. The van der Waals surface area contributed by atoms with E-state index in [1.807, 2.05) is 0 Å². The predicted octanol–water partition coefficient (Wildman–Crippen LogP) is 0.542. The van der Waals surface area contributed by atoms with Gasteiger partial charge < -0.3 is 0 Å². The van der Waals surface area contributed by atoms with Crippen LogP contribution in [0.5, 0.6) is 0 Å². The summed E-state index contributed by atoms with van der Waals surface area (Å²) in [5.41, 5.74) is 0. The van der Waals surface area contributed by atoms with Crippen molar-refractivity contribution in [3.05, 3.63) is 12.3 Å². The number of nitrogens with one attached hydrogen (secondary N) is 1. The van der Waals surface area contributed by atoms with E-state index in [0.29, 0.717) is 13.0 Å². The first-order chi connectivity index (χ1) is 8.03. The lowest BCUT2D eigenvalue weighted by Gasteiger charge is -2.32. The van der Waals surface area contributed by atoms with Crippen LogP contribution in [0.15, 0.2) is 17.3 Å². The number of carbonyl (C=O) groups excluding carboxylic acids is 1. The Balaban J connectivity index is 2.34. The van der Waals surface area contributed by atoms with Crippen molar-refractivity contribution >= 4 is 15.8 Å². The minimum absolute atomic E-state index is 0.0469. The van der Waals surface area contributed by atoms with Crippen LogP contribution in [0.25, 0.3) is 0 Å². The number of hydrogen-bond acceptors (Lipinski definition) is 4. The highest BCUT2D eigenvalue weighted by Gasteiger charge is 2.36. The normalized spacial score (nSPS) is 22.5. The van der Waals surface area contributed by atoms with Crippen LogP contribution in [0, 0.1) is 0 Å². The summed E-state index contributed by atoms with van der Waals surface area (Å²) in [6, 6.07) is 0.873. The van der Waals surface area contributed by atoms with Gasteiger partial charge in [-0.1, -0.05) is 6.42 Å². The molecule has 0 aliphatic carbocycles. The molecule has 0 spiro atoms. The van der Waals surface area contributed by atoms with E-state index in [1.54, 1.807) is 0 Å². The fourth-order valence-corrected chi connectivity index (χ4v) is 3.72. The zero-order valence-electron chi connectivity index (χ0n) is 9.59. The third-order valence-electron chi connectivity index (χ3n) is 2.98. The monoisotopic (exact) mass is 257 g/mol. The molecular weight excluding hydrogens is 242 g/mol. The molecule has 1 aliphatic rings. The minimum Gasteiger partial charge on any atom is -0.298 e. The van der Waals surface area contributed by atoms with Gasteiger partial charge >= 0.3 is 0 Å². The first kappa shape index (κ1) is 12.3. The molecule has 0 aromatic carbocycles. The van der Waals surface area contributed by atoms with Crippen molar-refractivity contribution in [3.8, 4) is 0 Å². The fourth-order valence-electron chi connectivity index (χ4n) is 2.11. The van der Waals surface area contributed by atoms with Crippen molar-refractivity contribution in [1.29, 1.82) is 0 Å². The van der Waals surface area contributed by atoms with Crippen LogP contribution in [-0.2, 0) is 14.8 Å². The van der Waals surface area contributed by atoms with E-state index in [2.05, 4.69) is 10.2 Å². The molecule has 17 heavy (non-hydrogen) atoms. The van der Waals surface area contributed by atoms with Crippen molar-refractivity contribution in [2.75, 3.05) is 6.54 Å². The summed E-state index contributed by atoms with van der Waals surface area (Å²) in [5, 5.41) is 6.13. The molecule has 0 saturated carbocycles. The Labute approximate surface area is 100 Å². The molecule has 2 heterocycles. The van der Waals surface area contributed by atoms with Crippen molar-refractivity contribution in [3.63, 3.8) is 0 Å². The van der Waals surface area contributed by atoms with Gasteiger partial charge in [0.15, 0.2) is 5.03 Å². The molecule has 1 N–H and O–H groups in total. The average Bonchev–Trinajstić information content (AvgIpc) is 2.83. The van der Waals surface area contributed by atoms with Gasteiger partial charge in [0.25, 0.3) is 10.0 Å². The number of Topliss-reactive ketones (excluding diaryl/α,β-unsaturated/α-hetero) is 1. The molecule has 1 aliphatic heterocycles. The number of nitrogens with zero attached hydrogens (tertiary/aromatic N) is 2. The molecule has 1 fully saturated rings. The Morgan fingerprint density at radius 1 is 1.53 bits per heavy atom. The fraction of sp³-hybridized carbons (Fsp3) is 0.600. The highest BCUT2D eigenvalue weighted by atomic mass is 32.2. The van der Waals surface area contributed by atoms with Crippen molar-refractivity contribution in [1.82, 2.24) is 14.5 Å². The van der Waals surface area contributed by atoms with Crippen molar-refractivity contribution < 1.29 is 13.2 Å². The molecule has 7 heteroatoms. The maximum Gasteiger partial charge on any atom is 0.260 e. The smallest absolute Gasteiger partial charge is 0.260 e. The Kier molecular flexibility index (Phi) is 3.30. The first-order valence-electron chi connectivity index (χ1n) is 5.55. The van der Waals surface area contributed by atoms with Crippen molar-refractivity contribution in [2.24, 2.45) is 0 Å². The van der Waals surface area contributed by atoms with Crippen LogP contribution in [0.2, 0.25) is 0 Å². The highest BCUT2D eigenvalue weighted by molar-refractivity contribution is 7.89. The molecule has 1 aromatic heterocycles. The average molecular weight is 257 g/mol. The molecule has 6 nitrogen and oxygen atoms in total. The lowest BCUT2D eigenvalue weighted by Crippen LogP contribution is -2.47. The van der Waals surface area contributed by atoms with E-state index in [-0.39, 0.29) is 10.8 Å². The van der Waals surface area contributed by atoms with Crippen molar-refractivity contribution in [2.45, 2.75) is 37.3 Å². The topological polar surface area (TPSA) is 83.1 Å². The van der Waals surface area contributed by atoms with Gasteiger partial charge in [-0.3, -0.25) is 9.89 Å². The number of hydrogen-bond donors (Lipinski definition) is 1. The van der Waals surface area contributed by atoms with Crippen LogP contribution in [-0.4, -0.2) is 41.3 Å². The second-order valence-corrected chi connectivity index (χ2v) is 6.02. The molecule has 1 aromatic rings. The highest BCUT2D eigenvalue weighted by Crippen LogP contribution is 2.24. The zero-order valence-corrected chi connectivity index (χ0v) is 10.4. The van der Waals surface area contributed by atoms with Gasteiger partial charge in [-0.25, -0.2) is 8.42 Å². The number of sulfonamides is 1. The van der Waals surface area contributed by atoms with Gasteiger partial charge in [-0.05, 0) is 25.8 Å². The Morgan fingerprint density at radius 3 is 2.88 bits per heavy atom. The maximum atomic E-state index is 12.3. The summed E-state index contributed by atoms with van der Waals surface area (Å²) in [5.74, 6) is -0.104. The third kappa shape index (κ3) is 2.25. The summed E-state index contributed by atoms with van der Waals surface area (Å²) in [7, 11) is -3.62. The quantitative estimate of drug-likeness (QED) is 0.856. The number of aromatic nitrogens is 2. The van der Waals surface area contributed by atoms with E-state index in [1.165, 1.54) is 23.5 Å². The number of aromatic amines is 1. The molecule has 0 radical (unpaired) electrons. The van der Waals surface area contributed by atoms with Gasteiger partial charge in [0.2, 0.25) is 0 Å². The lowest BCUT2D eigenvalue weighted by atomic mass is 10.0. The van der Waals surface area contributed by atoms with Crippen LogP contribution in [0.3, 0.4) is 0 Å². The summed E-state index contributed by atoms with van der Waals surface area (Å²) < 4.78 is 25.8. The van der Waals surface area contributed by atoms with E-state index in [0.717, 1.165) is 12.8 Å². The van der Waals surface area contributed by atoms with Gasteiger partial charge in [-0.15, -0.1) is 0 Å². The Hall–Kier alpha value is -1.21. The largest absolute Gasteiger partial charge is 0.298 e. The number of piperidine rings is 1. The summed E-state index contributed by atoms with van der Waals surface area (Å²) in [6.07, 6.45) is 3.67. The van der Waals surface area contributed by atoms with Gasteiger partial charge in [0.05, 0.1) is 12.2 Å². The first-order valence-corrected chi connectivity index (χ1v) is 6.99. The van der Waals surface area contributed by atoms with Crippen LogP contribution >= 0.6 is 0 Å². The van der Waals surface area contributed by atoms with Gasteiger partial charge in [-0.2, -0.15) is 9.40 Å². The van der Waals surface area contributed by atoms with E-state index in [4.69, 9.17) is 0 Å². The van der Waals surface area contributed by atoms with E-state index < -0.39 is 16.1 Å². The molecule has 0 bridgehead atoms. The predicted molar refractivity (Wildman–Crippen MR) is 60.8 cm³/mol. The standard InChI is InChI=1S/C10H15N3O3S/c1-8(14)9-4-2-3-7-13(9)17(15,16)10-5-6-11-12-10/h5-6,9H,2-4,7H2,1H3,(H,11,12). The maximum absolute atomic E-state index is 12.3. The number of ketones is 1. The van der Waals surface area contributed by atoms with Crippen LogP contribution in [0.1, 0.15) is 26.2 Å². The summed E-state index contributed by atoms with van der Waals surface area (Å²) in [4.78, 5) is 11.5. The number of carbonyl (C=O) groups is 1. The zero-order chi connectivity index (χ0) is 12.5. The van der Waals surface area contributed by atoms with Crippen LogP contribution < -0.4 is 0 Å². The summed E-state index contributed by atoms with van der Waals surface area (Å²) in [6.45, 7) is 1.83. The van der Waals surface area contributed by atoms with Crippen LogP contribution in [0.4, 0.5) is 0 Å². The van der Waals surface area contributed by atoms with E-state index in [9.17, 15) is 13.2 Å². The third-order valence-corrected chi connectivity index (χ3v) is 4.82. The Bertz CT molecular complexity index is 495. The molecule has 0 amide bonds. The van der Waals surface area contributed by atoms with Gasteiger partial charge in [0, 0.05) is 6.54 Å². The summed E-state index contributed by atoms with van der Waals surface area (Å²) >= 11 is 0. The second-order valence-electron chi connectivity index (χ2n) is 4.16. The van der Waals surface area contributed by atoms with E-state index >= 15 is 0 Å². The SMILES string of the molecule is CC(=O)C1CCCCN1S(=O)(=O)c1ccn[nH]1. The number of rotatable bonds is 3. The second kappa shape index (κ2) is 4.58. The van der Waals surface area contributed by atoms with Gasteiger partial charge in [0.1, 0.15) is 5.78 Å². The molecule has 94 valence electrons. The number of H-pyrrole nitrogens is 1. The molecule has 2 rings (SSSR count). The minimum atomic E-state index is -3.62. The molecule has 1 atom stereocenters. The Morgan fingerprint density at radius 2 is 2.29 bits per heavy atom. The lowest BCUT2D eigenvalue weighted by molar-refractivity contribution is -0.121.